The van der Waals surface area contributed by atoms with E-state index in [1.165, 1.54) is 0 Å². The molecule has 28 heterocycles. The van der Waals surface area contributed by atoms with E-state index < -0.39 is 0 Å². The number of ether oxygens (including phenoxy) is 9. The number of aromatic nitrogens is 3. The summed E-state index contributed by atoms with van der Waals surface area (Å²) in [5.74, 6) is 5.96. The Kier molecular flexibility index (Phi) is 14.6. The Morgan fingerprint density at radius 2 is 0.391 bits per heavy atom. The first-order chi connectivity index (χ1) is 34.1. The monoisotopic (exact) mass is 921 g/mol. The average molecular weight is 922 g/mol. The SMILES string of the molecule is c1cc2ccc1OCCOCCOc1ccc(cc1)-c1nc3nc(n1)-c1ccc(cc1)OCCOCCOc1ccc(cc1)-c1cc-2cc(c1)-c1ccc(cc1)OCCOCCOc1ccc-3cc1. The van der Waals surface area contributed by atoms with Crippen molar-refractivity contribution in [3.63, 3.8) is 0 Å². The fourth-order valence-corrected chi connectivity index (χ4v) is 7.84. The van der Waals surface area contributed by atoms with Crippen LogP contribution in [0.5, 0.6) is 34.5 Å². The fourth-order valence-electron chi connectivity index (χ4n) is 7.84. The van der Waals surface area contributed by atoms with Gasteiger partial charge >= 0.3 is 0 Å². The van der Waals surface area contributed by atoms with Gasteiger partial charge in [-0.15, -0.1) is 0 Å². The van der Waals surface area contributed by atoms with Gasteiger partial charge in [0, 0.05) is 16.7 Å². The molecule has 12 nitrogen and oxygen atoms in total. The minimum Gasteiger partial charge on any atom is -0.491 e. The van der Waals surface area contributed by atoms with E-state index in [1.807, 2.05) is 109 Å². The van der Waals surface area contributed by atoms with Crippen LogP contribution < -0.4 is 28.4 Å². The second-order valence-electron chi connectivity index (χ2n) is 16.2. The first-order valence-electron chi connectivity index (χ1n) is 23.2. The van der Waals surface area contributed by atoms with Crippen molar-refractivity contribution in [1.82, 2.24) is 15.0 Å². The summed E-state index contributed by atoms with van der Waals surface area (Å²) in [6, 6.07) is 54.2. The molecule has 7 aromatic carbocycles. The van der Waals surface area contributed by atoms with Gasteiger partial charge in [0.15, 0.2) is 17.5 Å². The van der Waals surface area contributed by atoms with Crippen LogP contribution in [-0.2, 0) is 14.2 Å². The molecule has 0 radical (unpaired) electrons. The van der Waals surface area contributed by atoms with Crippen molar-refractivity contribution >= 4 is 0 Å². The Balaban J connectivity index is 0.953. The third kappa shape index (κ3) is 12.0. The molecule has 0 saturated heterocycles. The van der Waals surface area contributed by atoms with Gasteiger partial charge in [-0.2, -0.15) is 0 Å². The van der Waals surface area contributed by atoms with Crippen LogP contribution in [0.1, 0.15) is 0 Å². The lowest BCUT2D eigenvalue weighted by molar-refractivity contribution is 0.0764. The summed E-state index contributed by atoms with van der Waals surface area (Å²) in [7, 11) is 0. The molecule has 27 aliphatic heterocycles. The highest BCUT2D eigenvalue weighted by atomic mass is 16.6. The van der Waals surface area contributed by atoms with Crippen molar-refractivity contribution in [2.24, 2.45) is 0 Å². The summed E-state index contributed by atoms with van der Waals surface area (Å²) in [5, 5.41) is 0. The van der Waals surface area contributed by atoms with E-state index in [4.69, 9.17) is 57.6 Å². The number of hydrogen-bond acceptors (Lipinski definition) is 12. The van der Waals surface area contributed by atoms with Crippen LogP contribution in [0.4, 0.5) is 0 Å². The van der Waals surface area contributed by atoms with Crippen LogP contribution in [0.2, 0.25) is 0 Å². The van der Waals surface area contributed by atoms with Crippen molar-refractivity contribution < 1.29 is 42.6 Å². The summed E-state index contributed by atoms with van der Waals surface area (Å²) in [6.45, 7) is 4.81. The highest BCUT2D eigenvalue weighted by molar-refractivity contribution is 5.81. The van der Waals surface area contributed by atoms with Crippen LogP contribution in [0, 0.1) is 0 Å². The number of benzene rings is 7. The zero-order valence-electron chi connectivity index (χ0n) is 38.1. The molecule has 0 unspecified atom stereocenters. The normalized spacial score (nSPS) is 14.8. The van der Waals surface area contributed by atoms with E-state index in [9.17, 15) is 0 Å². The summed E-state index contributed by atoms with van der Waals surface area (Å²) < 4.78 is 53.9. The van der Waals surface area contributed by atoms with E-state index in [1.54, 1.807) is 0 Å². The second kappa shape index (κ2) is 22.4. The maximum Gasteiger partial charge on any atom is 0.164 e. The molecule has 0 atom stereocenters. The molecule has 69 heavy (non-hydrogen) atoms. The third-order valence-corrected chi connectivity index (χ3v) is 11.4. The van der Waals surface area contributed by atoms with E-state index in [-0.39, 0.29) is 0 Å². The van der Waals surface area contributed by atoms with E-state index in [0.29, 0.717) is 114 Å². The largest absolute Gasteiger partial charge is 0.491 e. The molecule has 0 N–H and O–H groups in total. The third-order valence-electron chi connectivity index (χ3n) is 11.4. The summed E-state index contributed by atoms with van der Waals surface area (Å²) in [4.78, 5) is 14.8. The minimum absolute atomic E-state index is 0.379. The zero-order valence-corrected chi connectivity index (χ0v) is 38.1. The molecule has 348 valence electrons. The van der Waals surface area contributed by atoms with Crippen LogP contribution in [-0.4, -0.2) is 94.2 Å². The first-order valence-corrected chi connectivity index (χ1v) is 23.2. The Morgan fingerprint density at radius 3 is 0.594 bits per heavy atom. The Hall–Kier alpha value is -7.77. The highest BCUT2D eigenvalue weighted by Gasteiger charge is 2.15. The van der Waals surface area contributed by atoms with Gasteiger partial charge in [0.1, 0.15) is 74.1 Å². The van der Waals surface area contributed by atoms with Crippen molar-refractivity contribution in [3.05, 3.63) is 164 Å². The summed E-state index contributed by atoms with van der Waals surface area (Å²) >= 11 is 0. The van der Waals surface area contributed by atoms with Crippen molar-refractivity contribution in [3.8, 4) is 102 Å². The van der Waals surface area contributed by atoms with Gasteiger partial charge in [0.05, 0.1) is 39.6 Å². The Labute approximate surface area is 401 Å². The van der Waals surface area contributed by atoms with Gasteiger partial charge in [-0.3, -0.25) is 0 Å². The van der Waals surface area contributed by atoms with Crippen molar-refractivity contribution in [2.45, 2.75) is 0 Å². The molecule has 18 bridgehead atoms. The minimum atomic E-state index is 0.379. The maximum absolute atomic E-state index is 6.07. The van der Waals surface area contributed by atoms with Gasteiger partial charge in [-0.05, 0) is 161 Å². The number of nitrogens with zero attached hydrogens (tertiary/aromatic N) is 3. The molecule has 35 rings (SSSR count). The van der Waals surface area contributed by atoms with Crippen LogP contribution in [0.3, 0.4) is 0 Å². The fraction of sp³-hybridized carbons (Fsp3) is 0.211. The second-order valence-corrected chi connectivity index (χ2v) is 16.2. The van der Waals surface area contributed by atoms with E-state index in [2.05, 4.69) is 54.6 Å². The predicted molar refractivity (Wildman–Crippen MR) is 264 cm³/mol. The van der Waals surface area contributed by atoms with Crippen molar-refractivity contribution in [2.75, 3.05) is 79.3 Å². The Bertz CT molecular complexity index is 2360. The lowest BCUT2D eigenvalue weighted by Crippen LogP contribution is -2.12. The van der Waals surface area contributed by atoms with Crippen molar-refractivity contribution in [1.29, 1.82) is 0 Å². The molecule has 8 aromatic rings. The topological polar surface area (TPSA) is 122 Å². The Morgan fingerprint density at radius 1 is 0.203 bits per heavy atom. The molecule has 12 heteroatoms. The van der Waals surface area contributed by atoms with E-state index >= 15 is 0 Å². The average Bonchev–Trinajstić information content (AvgIpc) is 3.40. The number of rotatable bonds is 0. The molecular formula is C57H51N3O9. The molecule has 0 aliphatic carbocycles. The molecule has 27 aliphatic rings. The quantitative estimate of drug-likeness (QED) is 0.144. The zero-order chi connectivity index (χ0) is 46.5. The standard InChI is InChI=1S/C57H51N3O9/c1-13-49-14-2-40(1)46-37-47-39-48(38-46)42-5-17-51(18-6-42)66-33-27-63-30-36-69-54-23-11-45(12-24-54)57-59-55(43-7-19-52(20-8-43)67-34-28-61-25-31-64-49)58-56(60-57)44-9-21-53(22-10-44)68-35-29-62-26-32-65-50-15-3-41(47)4-16-50/h1-24,37-39H,25-36H2. The molecule has 0 saturated carbocycles. The maximum atomic E-state index is 6.07. The van der Waals surface area contributed by atoms with Gasteiger partial charge in [0.2, 0.25) is 0 Å². The highest BCUT2D eigenvalue weighted by Crippen LogP contribution is 2.35. The molecule has 1 aromatic heterocycles. The lowest BCUT2D eigenvalue weighted by atomic mass is 9.93. The van der Waals surface area contributed by atoms with Gasteiger partial charge in [-0.25, -0.2) is 15.0 Å². The van der Waals surface area contributed by atoms with Crippen LogP contribution in [0.25, 0.3) is 67.5 Å². The molecule has 0 fully saturated rings. The molecular weight excluding hydrogens is 871 g/mol. The lowest BCUT2D eigenvalue weighted by Gasteiger charge is -2.14. The summed E-state index contributed by atoms with van der Waals surface area (Å²) in [5.41, 5.74) is 8.84. The van der Waals surface area contributed by atoms with Gasteiger partial charge in [-0.1, -0.05) is 36.4 Å². The van der Waals surface area contributed by atoms with Crippen LogP contribution >= 0.6 is 0 Å². The first kappa shape index (κ1) is 45.0. The predicted octanol–water partition coefficient (Wildman–Crippen LogP) is 10.9. The van der Waals surface area contributed by atoms with E-state index in [0.717, 1.165) is 67.3 Å². The van der Waals surface area contributed by atoms with Gasteiger partial charge in [0.25, 0.3) is 0 Å². The molecule has 0 spiro atoms. The summed E-state index contributed by atoms with van der Waals surface area (Å²) in [6.07, 6.45) is 0. The van der Waals surface area contributed by atoms with Crippen LogP contribution in [0.15, 0.2) is 164 Å². The number of hydrogen-bond donors (Lipinski definition) is 0. The smallest absolute Gasteiger partial charge is 0.164 e. The molecule has 0 amide bonds. The van der Waals surface area contributed by atoms with Gasteiger partial charge < -0.3 is 42.6 Å².